The van der Waals surface area contributed by atoms with Crippen LogP contribution < -0.4 is 5.11 Å². The minimum atomic E-state index is -1.67. The number of carbonyl (C=O) groups excluding carboxylic acids is 1. The third-order valence-electron chi connectivity index (χ3n) is 0.309. The SMILES string of the molecule is CC(C)OOC(=O)[O-]. The molecule has 0 aromatic heterocycles. The number of hydrogen-bond acceptors (Lipinski definition) is 4. The Bertz CT molecular complexity index is 78.1. The summed E-state index contributed by atoms with van der Waals surface area (Å²) in [5.74, 6) is 0. The van der Waals surface area contributed by atoms with Crippen LogP contribution in [0.1, 0.15) is 13.8 Å². The summed E-state index contributed by atoms with van der Waals surface area (Å²) in [6.45, 7) is 3.28. The van der Waals surface area contributed by atoms with Crippen molar-refractivity contribution in [3.05, 3.63) is 0 Å². The van der Waals surface area contributed by atoms with Gasteiger partial charge in [-0.1, -0.05) is 0 Å². The molecule has 0 bridgehead atoms. The molecule has 0 rings (SSSR count). The van der Waals surface area contributed by atoms with Crippen molar-refractivity contribution in [3.63, 3.8) is 0 Å². The average Bonchev–Trinajstić information content (AvgIpc) is 1.61. The fraction of sp³-hybridized carbons (Fsp3) is 0.750. The topological polar surface area (TPSA) is 58.6 Å². The highest BCUT2D eigenvalue weighted by Crippen LogP contribution is 1.86. The van der Waals surface area contributed by atoms with Gasteiger partial charge in [-0.15, -0.1) is 0 Å². The molecule has 0 aliphatic heterocycles. The predicted molar refractivity (Wildman–Crippen MR) is 22.7 cm³/mol. The summed E-state index contributed by atoms with van der Waals surface area (Å²) in [6, 6.07) is 0. The number of carboxylic acid groups (broad SMARTS) is 1. The molecule has 0 atom stereocenters. The van der Waals surface area contributed by atoms with Gasteiger partial charge in [-0.05, 0) is 13.8 Å². The van der Waals surface area contributed by atoms with Gasteiger partial charge >= 0.3 is 0 Å². The molecule has 8 heavy (non-hydrogen) atoms. The highest BCUT2D eigenvalue weighted by molar-refractivity contribution is 5.52. The molecule has 0 spiro atoms. The summed E-state index contributed by atoms with van der Waals surface area (Å²) >= 11 is 0. The van der Waals surface area contributed by atoms with Crippen molar-refractivity contribution >= 4 is 6.16 Å². The molecule has 0 aliphatic carbocycles. The van der Waals surface area contributed by atoms with Crippen molar-refractivity contribution < 1.29 is 19.7 Å². The van der Waals surface area contributed by atoms with Crippen LogP contribution in [0.15, 0.2) is 0 Å². The number of rotatable bonds is 2. The molecule has 0 saturated carbocycles. The molecule has 0 aliphatic rings. The molecule has 0 unspecified atom stereocenters. The lowest BCUT2D eigenvalue weighted by Gasteiger charge is -2.09. The van der Waals surface area contributed by atoms with Crippen LogP contribution in [0.5, 0.6) is 0 Å². The summed E-state index contributed by atoms with van der Waals surface area (Å²) < 4.78 is 0. The molecule has 4 nitrogen and oxygen atoms in total. The first-order valence-corrected chi connectivity index (χ1v) is 2.17. The van der Waals surface area contributed by atoms with Crippen LogP contribution in [0.2, 0.25) is 0 Å². The quantitative estimate of drug-likeness (QED) is 0.369. The molecule has 0 aromatic carbocycles. The van der Waals surface area contributed by atoms with Gasteiger partial charge in [0.2, 0.25) is 0 Å². The molecule has 0 amide bonds. The van der Waals surface area contributed by atoms with Crippen molar-refractivity contribution in [1.29, 1.82) is 0 Å². The van der Waals surface area contributed by atoms with Crippen LogP contribution in [-0.2, 0) is 9.78 Å². The van der Waals surface area contributed by atoms with Gasteiger partial charge < -0.3 is 14.8 Å². The molecule has 0 saturated heterocycles. The first-order chi connectivity index (χ1) is 3.63. The largest absolute Gasteiger partial charge is 0.424 e. The van der Waals surface area contributed by atoms with Crippen LogP contribution in [0, 0.1) is 0 Å². The lowest BCUT2D eigenvalue weighted by Crippen LogP contribution is -2.24. The second-order valence-corrected chi connectivity index (χ2v) is 1.48. The maximum atomic E-state index is 9.45. The van der Waals surface area contributed by atoms with Crippen LogP contribution in [0.25, 0.3) is 0 Å². The van der Waals surface area contributed by atoms with Gasteiger partial charge in [-0.3, -0.25) is 4.89 Å². The molecule has 4 heteroatoms. The molecule has 0 fully saturated rings. The summed E-state index contributed by atoms with van der Waals surface area (Å²) in [5.41, 5.74) is 0. The zero-order valence-electron chi connectivity index (χ0n) is 4.71. The van der Waals surface area contributed by atoms with Crippen molar-refractivity contribution in [2.24, 2.45) is 0 Å². The standard InChI is InChI=1S/C4H8O4/c1-3(2)7-8-4(5)6/h3H,1-2H3,(H,5,6)/p-1. The van der Waals surface area contributed by atoms with Crippen molar-refractivity contribution in [2.45, 2.75) is 20.0 Å². The van der Waals surface area contributed by atoms with E-state index in [1.54, 1.807) is 13.8 Å². The van der Waals surface area contributed by atoms with Gasteiger partial charge in [0.1, 0.15) is 0 Å². The third kappa shape index (κ3) is 5.23. The van der Waals surface area contributed by atoms with Crippen molar-refractivity contribution in [1.82, 2.24) is 0 Å². The van der Waals surface area contributed by atoms with Gasteiger partial charge in [-0.25, -0.2) is 0 Å². The van der Waals surface area contributed by atoms with E-state index >= 15 is 0 Å². The van der Waals surface area contributed by atoms with Gasteiger partial charge in [0.15, 0.2) is 0 Å². The van der Waals surface area contributed by atoms with E-state index in [0.717, 1.165) is 0 Å². The van der Waals surface area contributed by atoms with E-state index in [-0.39, 0.29) is 6.10 Å². The lowest BCUT2D eigenvalue weighted by molar-refractivity contribution is -0.370. The Labute approximate surface area is 46.9 Å². The van der Waals surface area contributed by atoms with Crippen LogP contribution >= 0.6 is 0 Å². The van der Waals surface area contributed by atoms with Gasteiger partial charge in [0, 0.05) is 0 Å². The van der Waals surface area contributed by atoms with Gasteiger partial charge in [-0.2, -0.15) is 0 Å². The first kappa shape index (κ1) is 7.23. The van der Waals surface area contributed by atoms with Gasteiger partial charge in [0.25, 0.3) is 6.16 Å². The van der Waals surface area contributed by atoms with Gasteiger partial charge in [0.05, 0.1) is 6.10 Å². The number of hydrogen-bond donors (Lipinski definition) is 0. The third-order valence-corrected chi connectivity index (χ3v) is 0.309. The highest BCUT2D eigenvalue weighted by Gasteiger charge is 1.88. The Morgan fingerprint density at radius 3 is 2.25 bits per heavy atom. The van der Waals surface area contributed by atoms with E-state index in [0.29, 0.717) is 0 Å². The minimum Gasteiger partial charge on any atom is -0.424 e. The number of carbonyl (C=O) groups is 1. The maximum Gasteiger partial charge on any atom is 0.278 e. The Hall–Kier alpha value is -0.770. The van der Waals surface area contributed by atoms with Crippen molar-refractivity contribution in [3.8, 4) is 0 Å². The highest BCUT2D eigenvalue weighted by atomic mass is 17.2. The second-order valence-electron chi connectivity index (χ2n) is 1.48. The van der Waals surface area contributed by atoms with E-state index in [2.05, 4.69) is 9.78 Å². The molecule has 0 N–H and O–H groups in total. The smallest absolute Gasteiger partial charge is 0.278 e. The fourth-order valence-corrected chi connectivity index (χ4v) is 0.136. The predicted octanol–water partition coefficient (Wildman–Crippen LogP) is -0.314. The zero-order chi connectivity index (χ0) is 6.57. The van der Waals surface area contributed by atoms with E-state index < -0.39 is 6.16 Å². The van der Waals surface area contributed by atoms with E-state index in [1.165, 1.54) is 0 Å². The normalized spacial score (nSPS) is 9.38. The average molecular weight is 119 g/mol. The maximum absolute atomic E-state index is 9.45. The molecule has 0 aromatic rings. The van der Waals surface area contributed by atoms with Crippen LogP contribution in [0.4, 0.5) is 4.79 Å². The Kier molecular flexibility index (Phi) is 2.95. The first-order valence-electron chi connectivity index (χ1n) is 2.17. The van der Waals surface area contributed by atoms with E-state index in [1.807, 2.05) is 0 Å². The van der Waals surface area contributed by atoms with E-state index in [4.69, 9.17) is 0 Å². The van der Waals surface area contributed by atoms with Crippen molar-refractivity contribution in [2.75, 3.05) is 0 Å². The Balaban J connectivity index is 3.05. The molecular weight excluding hydrogens is 112 g/mol. The Morgan fingerprint density at radius 1 is 1.62 bits per heavy atom. The molecule has 0 radical (unpaired) electrons. The minimum absolute atomic E-state index is 0.257. The summed E-state index contributed by atoms with van der Waals surface area (Å²) in [6.07, 6.45) is -1.92. The fourth-order valence-electron chi connectivity index (χ4n) is 0.136. The van der Waals surface area contributed by atoms with Crippen LogP contribution in [-0.4, -0.2) is 12.3 Å². The van der Waals surface area contributed by atoms with Crippen LogP contribution in [0.3, 0.4) is 0 Å². The Morgan fingerprint density at radius 2 is 2.12 bits per heavy atom. The lowest BCUT2D eigenvalue weighted by atomic mass is 10.5. The van der Waals surface area contributed by atoms with E-state index in [9.17, 15) is 9.90 Å². The molecular formula is C4H7O4-. The summed E-state index contributed by atoms with van der Waals surface area (Å²) in [4.78, 5) is 17.2. The molecule has 0 heterocycles. The zero-order valence-corrected chi connectivity index (χ0v) is 4.71. The monoisotopic (exact) mass is 119 g/mol. The second kappa shape index (κ2) is 3.26. The summed E-state index contributed by atoms with van der Waals surface area (Å²) in [5, 5.41) is 9.45. The summed E-state index contributed by atoms with van der Waals surface area (Å²) in [7, 11) is 0. The molecule has 48 valence electrons.